The van der Waals surface area contributed by atoms with E-state index >= 15 is 0 Å². The monoisotopic (exact) mass is 928 g/mol. The lowest BCUT2D eigenvalue weighted by molar-refractivity contribution is 0.768. The van der Waals surface area contributed by atoms with E-state index in [0.717, 1.165) is 22.7 Å². The number of para-hydroxylation sites is 1. The molecule has 1 heterocycles. The third-order valence-electron chi connectivity index (χ3n) is 15.3. The summed E-state index contributed by atoms with van der Waals surface area (Å²) in [5, 5.41) is 4.84. The molecule has 12 aromatic carbocycles. The van der Waals surface area contributed by atoms with E-state index in [0.29, 0.717) is 0 Å². The quantitative estimate of drug-likeness (QED) is 0.140. The van der Waals surface area contributed by atoms with Crippen LogP contribution < -0.4 is 4.90 Å². The van der Waals surface area contributed by atoms with Crippen molar-refractivity contribution in [2.75, 3.05) is 4.90 Å². The number of fused-ring (bicyclic) bond motifs is 7. The number of aromatic nitrogens is 1. The second kappa shape index (κ2) is 17.4. The predicted octanol–water partition coefficient (Wildman–Crippen LogP) is 18.8. The Kier molecular flexibility index (Phi) is 10.1. The molecule has 2 nitrogen and oxygen atoms in total. The van der Waals surface area contributed by atoms with E-state index < -0.39 is 5.41 Å². The van der Waals surface area contributed by atoms with Crippen LogP contribution in [0, 0.1) is 0 Å². The maximum atomic E-state index is 2.47. The van der Waals surface area contributed by atoms with Crippen LogP contribution in [0.3, 0.4) is 0 Å². The summed E-state index contributed by atoms with van der Waals surface area (Å²) in [6.45, 7) is 0. The third-order valence-corrected chi connectivity index (χ3v) is 15.3. The van der Waals surface area contributed by atoms with Crippen LogP contribution in [0.5, 0.6) is 0 Å². The highest BCUT2D eigenvalue weighted by Gasteiger charge is 2.46. The first-order chi connectivity index (χ1) is 36.2. The van der Waals surface area contributed by atoms with Gasteiger partial charge in [-0.25, -0.2) is 0 Å². The Balaban J connectivity index is 0.902. The highest BCUT2D eigenvalue weighted by Crippen LogP contribution is 2.56. The fourth-order valence-electron chi connectivity index (χ4n) is 12.0. The van der Waals surface area contributed by atoms with Gasteiger partial charge in [-0.2, -0.15) is 0 Å². The zero-order chi connectivity index (χ0) is 48.3. The summed E-state index contributed by atoms with van der Waals surface area (Å²) >= 11 is 0. The molecule has 342 valence electrons. The summed E-state index contributed by atoms with van der Waals surface area (Å²) in [6, 6.07) is 107. The van der Waals surface area contributed by atoms with Crippen LogP contribution in [-0.2, 0) is 5.41 Å². The van der Waals surface area contributed by atoms with Crippen LogP contribution in [0.4, 0.5) is 17.1 Å². The van der Waals surface area contributed by atoms with E-state index in [1.54, 1.807) is 0 Å². The van der Waals surface area contributed by atoms with Gasteiger partial charge in [0.1, 0.15) is 0 Å². The molecule has 13 aromatic rings. The first kappa shape index (κ1) is 42.4. The van der Waals surface area contributed by atoms with E-state index in [1.807, 2.05) is 0 Å². The number of nitrogens with zero attached hydrogens (tertiary/aromatic N) is 2. The Hall–Kier alpha value is -9.50. The van der Waals surface area contributed by atoms with Crippen LogP contribution in [0.15, 0.2) is 291 Å². The number of rotatable bonds is 9. The van der Waals surface area contributed by atoms with E-state index in [1.165, 1.54) is 99.3 Å². The Morgan fingerprint density at radius 3 is 1.38 bits per heavy atom. The van der Waals surface area contributed by atoms with Crippen molar-refractivity contribution in [1.29, 1.82) is 0 Å². The fraction of sp³-hybridized carbons (Fsp3) is 0.0141. The van der Waals surface area contributed by atoms with Crippen LogP contribution in [0.1, 0.15) is 22.3 Å². The Labute approximate surface area is 426 Å². The lowest BCUT2D eigenvalue weighted by atomic mass is 9.68. The van der Waals surface area contributed by atoms with Crippen LogP contribution in [0.2, 0.25) is 0 Å². The van der Waals surface area contributed by atoms with Crippen molar-refractivity contribution >= 4 is 49.6 Å². The molecule has 1 aliphatic carbocycles. The van der Waals surface area contributed by atoms with Crippen molar-refractivity contribution in [3.63, 3.8) is 0 Å². The minimum absolute atomic E-state index is 0.446. The average Bonchev–Trinajstić information content (AvgIpc) is 3.98. The summed E-state index contributed by atoms with van der Waals surface area (Å²) in [4.78, 5) is 2.41. The fourth-order valence-corrected chi connectivity index (χ4v) is 12.0. The number of benzene rings is 12. The maximum absolute atomic E-state index is 2.47. The minimum Gasteiger partial charge on any atom is -0.310 e. The van der Waals surface area contributed by atoms with Gasteiger partial charge in [0.15, 0.2) is 0 Å². The molecule has 0 atom stereocenters. The topological polar surface area (TPSA) is 8.17 Å². The smallest absolute Gasteiger partial charge is 0.0713 e. The minimum atomic E-state index is -0.446. The van der Waals surface area contributed by atoms with Gasteiger partial charge < -0.3 is 9.47 Å². The summed E-state index contributed by atoms with van der Waals surface area (Å²) < 4.78 is 2.47. The highest BCUT2D eigenvalue weighted by atomic mass is 15.1. The maximum Gasteiger partial charge on any atom is 0.0713 e. The molecular formula is C71H48N2. The first-order valence-corrected chi connectivity index (χ1v) is 25.2. The molecular weight excluding hydrogens is 881 g/mol. The molecule has 0 spiro atoms. The normalized spacial score (nSPS) is 12.5. The van der Waals surface area contributed by atoms with Crippen LogP contribution in [-0.4, -0.2) is 4.57 Å². The van der Waals surface area contributed by atoms with Gasteiger partial charge in [-0.1, -0.05) is 231 Å². The number of hydrogen-bond donors (Lipinski definition) is 0. The zero-order valence-electron chi connectivity index (χ0n) is 40.1. The third kappa shape index (κ3) is 6.87. The molecule has 0 amide bonds. The molecule has 73 heavy (non-hydrogen) atoms. The molecule has 1 aromatic heterocycles. The first-order valence-electron chi connectivity index (χ1n) is 25.2. The Bertz CT molecular complexity index is 4040. The standard InChI is InChI=1S/C71H48N2/c1-5-19-49(20-6-1)51-33-38-56(39-34-51)72(57-40-35-52(36-41-57)50-21-7-2-8-22-50)69-46-43-59(60-27-13-14-29-62(60)69)53-37-45-70-65(47-53)63-30-16-18-32-68(63)73(70)58-42-44-67-64(48-58)61-28-15-17-31-66(61)71(67,54-23-9-3-10-24-54)55-25-11-4-12-26-55/h1-48H. The van der Waals surface area contributed by atoms with E-state index in [-0.39, 0.29) is 0 Å². The molecule has 0 bridgehead atoms. The van der Waals surface area contributed by atoms with Gasteiger partial charge in [0.25, 0.3) is 0 Å². The predicted molar refractivity (Wildman–Crippen MR) is 307 cm³/mol. The van der Waals surface area contributed by atoms with Crippen LogP contribution >= 0.6 is 0 Å². The summed E-state index contributed by atoms with van der Waals surface area (Å²) in [5.74, 6) is 0. The Morgan fingerprint density at radius 2 is 0.753 bits per heavy atom. The largest absolute Gasteiger partial charge is 0.310 e. The number of anilines is 3. The second-order valence-corrected chi connectivity index (χ2v) is 19.2. The van der Waals surface area contributed by atoms with Crippen molar-refractivity contribution in [3.8, 4) is 50.2 Å². The average molecular weight is 929 g/mol. The summed E-state index contributed by atoms with van der Waals surface area (Å²) in [5.41, 5.74) is 21.3. The van der Waals surface area contributed by atoms with Crippen molar-refractivity contribution < 1.29 is 0 Å². The van der Waals surface area contributed by atoms with Crippen LogP contribution in [0.25, 0.3) is 82.8 Å². The molecule has 0 unspecified atom stereocenters. The van der Waals surface area contributed by atoms with E-state index in [9.17, 15) is 0 Å². The SMILES string of the molecule is c1ccc(-c2ccc(N(c3ccc(-c4ccccc4)cc3)c3ccc(-c4ccc5c(c4)c4ccccc4n5-c4ccc5c(c4)-c4ccccc4C5(c4ccccc4)c4ccccc4)c4ccccc34)cc2)cc1. The van der Waals surface area contributed by atoms with Gasteiger partial charge in [-0.05, 0) is 133 Å². The second-order valence-electron chi connectivity index (χ2n) is 19.2. The molecule has 0 saturated heterocycles. The van der Waals surface area contributed by atoms with Crippen molar-refractivity contribution in [2.45, 2.75) is 5.41 Å². The molecule has 14 rings (SSSR count). The van der Waals surface area contributed by atoms with Crippen molar-refractivity contribution in [3.05, 3.63) is 313 Å². The van der Waals surface area contributed by atoms with Gasteiger partial charge in [0, 0.05) is 33.2 Å². The molecule has 0 aliphatic heterocycles. The van der Waals surface area contributed by atoms with Gasteiger partial charge in [0.2, 0.25) is 0 Å². The van der Waals surface area contributed by atoms with E-state index in [2.05, 4.69) is 301 Å². The molecule has 0 radical (unpaired) electrons. The van der Waals surface area contributed by atoms with Gasteiger partial charge in [0.05, 0.1) is 22.1 Å². The number of hydrogen-bond acceptors (Lipinski definition) is 1. The molecule has 2 heteroatoms. The van der Waals surface area contributed by atoms with Gasteiger partial charge >= 0.3 is 0 Å². The van der Waals surface area contributed by atoms with Crippen molar-refractivity contribution in [1.82, 2.24) is 4.57 Å². The summed E-state index contributed by atoms with van der Waals surface area (Å²) in [6.07, 6.45) is 0. The molecule has 1 aliphatic rings. The molecule has 0 fully saturated rings. The highest BCUT2D eigenvalue weighted by molar-refractivity contribution is 6.13. The van der Waals surface area contributed by atoms with Gasteiger partial charge in [-0.15, -0.1) is 0 Å². The lowest BCUT2D eigenvalue weighted by Crippen LogP contribution is -2.28. The lowest BCUT2D eigenvalue weighted by Gasteiger charge is -2.33. The molecule has 0 N–H and O–H groups in total. The zero-order valence-corrected chi connectivity index (χ0v) is 40.1. The van der Waals surface area contributed by atoms with E-state index in [4.69, 9.17) is 0 Å². The molecule has 0 saturated carbocycles. The van der Waals surface area contributed by atoms with Gasteiger partial charge in [-0.3, -0.25) is 0 Å². The Morgan fingerprint density at radius 1 is 0.274 bits per heavy atom. The summed E-state index contributed by atoms with van der Waals surface area (Å²) in [7, 11) is 0. The van der Waals surface area contributed by atoms with Crippen molar-refractivity contribution in [2.24, 2.45) is 0 Å².